The van der Waals surface area contributed by atoms with Crippen molar-refractivity contribution in [2.45, 2.75) is 25.8 Å². The second-order valence-corrected chi connectivity index (χ2v) is 9.59. The van der Waals surface area contributed by atoms with E-state index in [9.17, 15) is 9.59 Å². The molecule has 8 heteroatoms. The molecule has 0 radical (unpaired) electrons. The quantitative estimate of drug-likeness (QED) is 0.490. The first-order valence-corrected chi connectivity index (χ1v) is 12.5. The number of nitrogens with one attached hydrogen (secondary N) is 2. The molecule has 1 aliphatic heterocycles. The second kappa shape index (κ2) is 11.8. The van der Waals surface area contributed by atoms with Gasteiger partial charge >= 0.3 is 0 Å². The van der Waals surface area contributed by atoms with Gasteiger partial charge in [0, 0.05) is 61.5 Å². The van der Waals surface area contributed by atoms with Gasteiger partial charge in [0.15, 0.2) is 0 Å². The maximum Gasteiger partial charge on any atom is 0.251 e. The number of aromatic nitrogens is 1. The van der Waals surface area contributed by atoms with Crippen LogP contribution in [0.4, 0.5) is 11.5 Å². The third-order valence-corrected chi connectivity index (χ3v) is 6.84. The van der Waals surface area contributed by atoms with E-state index in [0.717, 1.165) is 50.4 Å². The van der Waals surface area contributed by atoms with Crippen molar-refractivity contribution in [3.05, 3.63) is 76.1 Å². The minimum Gasteiger partial charge on any atom is -0.354 e. The highest BCUT2D eigenvalue weighted by atomic mass is 32.1. The molecule has 178 valence electrons. The number of benzene rings is 1. The molecule has 7 nitrogen and oxygen atoms in total. The molecule has 4 rings (SSSR count). The van der Waals surface area contributed by atoms with Gasteiger partial charge in [0.1, 0.15) is 5.82 Å². The second-order valence-electron chi connectivity index (χ2n) is 8.56. The maximum atomic E-state index is 12.6. The molecule has 2 N–H and O–H groups in total. The number of likely N-dealkylation sites (N-methyl/N-ethyl adjacent to an activating group) is 1. The van der Waals surface area contributed by atoms with E-state index in [0.29, 0.717) is 24.2 Å². The lowest BCUT2D eigenvalue weighted by atomic mass is 10.1. The van der Waals surface area contributed by atoms with Crippen molar-refractivity contribution in [3.63, 3.8) is 0 Å². The smallest absolute Gasteiger partial charge is 0.251 e. The number of rotatable bonds is 9. The van der Waals surface area contributed by atoms with Crippen molar-refractivity contribution in [1.29, 1.82) is 0 Å². The highest BCUT2D eigenvalue weighted by Crippen LogP contribution is 2.16. The summed E-state index contributed by atoms with van der Waals surface area (Å²) in [5, 5.41) is 7.89. The van der Waals surface area contributed by atoms with Crippen molar-refractivity contribution in [2.24, 2.45) is 0 Å². The van der Waals surface area contributed by atoms with Gasteiger partial charge in [0.25, 0.3) is 5.91 Å². The molecular weight excluding hydrogens is 446 g/mol. The van der Waals surface area contributed by atoms with Gasteiger partial charge in [-0.3, -0.25) is 9.59 Å². The Balaban J connectivity index is 1.24. The molecule has 2 aromatic heterocycles. The molecule has 0 bridgehead atoms. The van der Waals surface area contributed by atoms with Crippen LogP contribution >= 0.6 is 11.3 Å². The zero-order valence-corrected chi connectivity index (χ0v) is 20.3. The number of carbonyl (C=O) groups excluding carboxylic acids is 2. The van der Waals surface area contributed by atoms with E-state index in [1.165, 1.54) is 4.88 Å². The average Bonchev–Trinajstić information content (AvgIpc) is 3.37. The standard InChI is InChI=1S/C26H31N5O2S/c1-30-12-14-31(15-13-30)24-11-10-20(18-27-24)19-28-26(33)21-5-2-6-22(17-21)29-25(32)9-3-7-23-8-4-16-34-23/h2,4-6,8,10-11,16-18H,3,7,9,12-15,19H2,1H3,(H,28,33)(H,29,32). The number of nitrogens with zero attached hydrogens (tertiary/aromatic N) is 3. The number of amides is 2. The van der Waals surface area contributed by atoms with Crippen LogP contribution in [0.1, 0.15) is 33.6 Å². The van der Waals surface area contributed by atoms with Gasteiger partial charge in [-0.1, -0.05) is 18.2 Å². The predicted octanol–water partition coefficient (Wildman–Crippen LogP) is 3.79. The molecule has 0 saturated carbocycles. The van der Waals surface area contributed by atoms with Gasteiger partial charge in [-0.05, 0) is 61.2 Å². The Morgan fingerprint density at radius 1 is 1.06 bits per heavy atom. The van der Waals surface area contributed by atoms with Crippen molar-refractivity contribution in [3.8, 4) is 0 Å². The molecular formula is C26H31N5O2S. The number of thiophene rings is 1. The lowest BCUT2D eigenvalue weighted by molar-refractivity contribution is -0.116. The van der Waals surface area contributed by atoms with Crippen LogP contribution in [0.2, 0.25) is 0 Å². The van der Waals surface area contributed by atoms with E-state index >= 15 is 0 Å². The van der Waals surface area contributed by atoms with E-state index in [2.05, 4.69) is 38.5 Å². The van der Waals surface area contributed by atoms with E-state index in [-0.39, 0.29) is 11.8 Å². The monoisotopic (exact) mass is 477 g/mol. The van der Waals surface area contributed by atoms with Crippen LogP contribution in [0.5, 0.6) is 0 Å². The molecule has 1 aromatic carbocycles. The molecule has 0 atom stereocenters. The van der Waals surface area contributed by atoms with Gasteiger partial charge < -0.3 is 20.4 Å². The van der Waals surface area contributed by atoms with Crippen molar-refractivity contribution in [1.82, 2.24) is 15.2 Å². The Kier molecular flexibility index (Phi) is 8.27. The molecule has 3 aromatic rings. The van der Waals surface area contributed by atoms with Gasteiger partial charge in [-0.15, -0.1) is 11.3 Å². The van der Waals surface area contributed by atoms with Gasteiger partial charge in [-0.2, -0.15) is 0 Å². The summed E-state index contributed by atoms with van der Waals surface area (Å²) in [5.41, 5.74) is 2.09. The van der Waals surface area contributed by atoms with Crippen molar-refractivity contribution in [2.75, 3.05) is 43.4 Å². The van der Waals surface area contributed by atoms with E-state index in [1.54, 1.807) is 35.6 Å². The minimum absolute atomic E-state index is 0.0411. The molecule has 1 aliphatic rings. The fourth-order valence-electron chi connectivity index (χ4n) is 3.87. The zero-order valence-electron chi connectivity index (χ0n) is 19.5. The number of pyridine rings is 1. The summed E-state index contributed by atoms with van der Waals surface area (Å²) >= 11 is 1.71. The fraction of sp³-hybridized carbons (Fsp3) is 0.346. The number of piperazine rings is 1. The van der Waals surface area contributed by atoms with E-state index in [4.69, 9.17) is 0 Å². The summed E-state index contributed by atoms with van der Waals surface area (Å²) in [6.07, 6.45) is 3.97. The number of carbonyl (C=O) groups is 2. The van der Waals surface area contributed by atoms with Crippen LogP contribution in [-0.2, 0) is 17.8 Å². The Bertz CT molecular complexity index is 1080. The Labute approximate surface area is 204 Å². The molecule has 0 unspecified atom stereocenters. The Hall–Kier alpha value is -3.23. The summed E-state index contributed by atoms with van der Waals surface area (Å²) in [6, 6.07) is 15.2. The molecule has 0 aliphatic carbocycles. The zero-order chi connectivity index (χ0) is 23.8. The summed E-state index contributed by atoms with van der Waals surface area (Å²) in [4.78, 5) is 35.4. The maximum absolute atomic E-state index is 12.6. The fourth-order valence-corrected chi connectivity index (χ4v) is 4.62. The number of aryl methyl sites for hydroxylation is 1. The summed E-state index contributed by atoms with van der Waals surface area (Å²) < 4.78 is 0. The predicted molar refractivity (Wildman–Crippen MR) is 137 cm³/mol. The molecule has 2 amide bonds. The lowest BCUT2D eigenvalue weighted by Gasteiger charge is -2.33. The Morgan fingerprint density at radius 3 is 2.65 bits per heavy atom. The van der Waals surface area contributed by atoms with Crippen LogP contribution in [-0.4, -0.2) is 54.9 Å². The Morgan fingerprint density at radius 2 is 1.91 bits per heavy atom. The number of hydrogen-bond acceptors (Lipinski definition) is 6. The molecule has 1 fully saturated rings. The van der Waals surface area contributed by atoms with Crippen LogP contribution in [0.25, 0.3) is 0 Å². The van der Waals surface area contributed by atoms with Gasteiger partial charge in [-0.25, -0.2) is 4.98 Å². The molecule has 34 heavy (non-hydrogen) atoms. The van der Waals surface area contributed by atoms with E-state index < -0.39 is 0 Å². The lowest BCUT2D eigenvalue weighted by Crippen LogP contribution is -2.44. The first-order valence-electron chi connectivity index (χ1n) is 11.7. The first kappa shape index (κ1) is 23.9. The molecule has 0 spiro atoms. The third kappa shape index (κ3) is 6.88. The SMILES string of the molecule is CN1CCN(c2ccc(CNC(=O)c3cccc(NC(=O)CCCc4cccs4)c3)cn2)CC1. The number of hydrogen-bond donors (Lipinski definition) is 2. The third-order valence-electron chi connectivity index (χ3n) is 5.91. The summed E-state index contributed by atoms with van der Waals surface area (Å²) in [5.74, 6) is 0.750. The van der Waals surface area contributed by atoms with E-state index in [1.807, 2.05) is 29.8 Å². The normalized spacial score (nSPS) is 14.1. The largest absolute Gasteiger partial charge is 0.354 e. The van der Waals surface area contributed by atoms with Crippen LogP contribution in [0, 0.1) is 0 Å². The minimum atomic E-state index is -0.183. The summed E-state index contributed by atoms with van der Waals surface area (Å²) in [6.45, 7) is 4.42. The van der Waals surface area contributed by atoms with Gasteiger partial charge in [0.05, 0.1) is 0 Å². The summed E-state index contributed by atoms with van der Waals surface area (Å²) in [7, 11) is 2.13. The topological polar surface area (TPSA) is 77.6 Å². The van der Waals surface area contributed by atoms with Gasteiger partial charge in [0.2, 0.25) is 5.91 Å². The van der Waals surface area contributed by atoms with Crippen LogP contribution in [0.3, 0.4) is 0 Å². The first-order chi connectivity index (χ1) is 16.6. The molecule has 3 heterocycles. The highest BCUT2D eigenvalue weighted by Gasteiger charge is 2.15. The molecule has 1 saturated heterocycles. The average molecular weight is 478 g/mol. The van der Waals surface area contributed by atoms with Crippen molar-refractivity contribution < 1.29 is 9.59 Å². The van der Waals surface area contributed by atoms with Crippen molar-refractivity contribution >= 4 is 34.7 Å². The number of anilines is 2. The van der Waals surface area contributed by atoms with Crippen LogP contribution in [0.15, 0.2) is 60.1 Å². The van der Waals surface area contributed by atoms with Crippen LogP contribution < -0.4 is 15.5 Å². The highest BCUT2D eigenvalue weighted by molar-refractivity contribution is 7.09.